The van der Waals surface area contributed by atoms with Crippen molar-refractivity contribution in [1.29, 1.82) is 0 Å². The second kappa shape index (κ2) is 5.07. The van der Waals surface area contributed by atoms with Crippen molar-refractivity contribution in [1.82, 2.24) is 9.97 Å². The third-order valence-electron chi connectivity index (χ3n) is 2.21. The minimum Gasteiger partial charge on any atom is -0.470 e. The number of nitrogens with one attached hydrogen (secondary N) is 1. The zero-order valence-electron chi connectivity index (χ0n) is 9.07. The molecule has 0 saturated carbocycles. The van der Waals surface area contributed by atoms with Crippen LogP contribution in [0.15, 0.2) is 6.20 Å². The summed E-state index contributed by atoms with van der Waals surface area (Å²) in [4.78, 5) is 7.75. The van der Waals surface area contributed by atoms with E-state index in [-0.39, 0.29) is 12.0 Å². The fourth-order valence-electron chi connectivity index (χ4n) is 1.44. The normalized spacial score (nSPS) is 19.8. The van der Waals surface area contributed by atoms with E-state index in [0.29, 0.717) is 25.7 Å². The number of aromatic nitrogens is 2. The van der Waals surface area contributed by atoms with Gasteiger partial charge >= 0.3 is 0 Å². The van der Waals surface area contributed by atoms with Crippen molar-refractivity contribution in [3.05, 3.63) is 12.0 Å². The number of ether oxygens (including phenoxy) is 2. The van der Waals surface area contributed by atoms with Crippen LogP contribution in [-0.4, -0.2) is 35.8 Å². The van der Waals surface area contributed by atoms with Gasteiger partial charge in [0.25, 0.3) is 5.88 Å². The molecule has 0 spiro atoms. The summed E-state index contributed by atoms with van der Waals surface area (Å²) in [5.74, 6) is -0.187. The minimum absolute atomic E-state index is 0.0125. The van der Waals surface area contributed by atoms with Crippen LogP contribution < -0.4 is 10.1 Å². The van der Waals surface area contributed by atoms with Crippen molar-refractivity contribution in [3.63, 3.8) is 0 Å². The molecule has 1 fully saturated rings. The Labute approximate surface area is 93.0 Å². The van der Waals surface area contributed by atoms with Crippen LogP contribution in [0.2, 0.25) is 0 Å². The number of nitrogens with zero attached hydrogens (tertiary/aromatic N) is 2. The van der Waals surface area contributed by atoms with Gasteiger partial charge in [0.2, 0.25) is 11.8 Å². The highest BCUT2D eigenvalue weighted by Crippen LogP contribution is 2.18. The van der Waals surface area contributed by atoms with Crippen molar-refractivity contribution in [2.75, 3.05) is 25.1 Å². The van der Waals surface area contributed by atoms with E-state index >= 15 is 0 Å². The Morgan fingerprint density at radius 1 is 1.69 bits per heavy atom. The smallest absolute Gasteiger partial charge is 0.255 e. The van der Waals surface area contributed by atoms with Crippen LogP contribution in [0, 0.1) is 5.82 Å². The molecule has 1 aliphatic rings. The predicted octanol–water partition coefficient (Wildman–Crippen LogP) is 1.22. The summed E-state index contributed by atoms with van der Waals surface area (Å²) in [5.41, 5.74) is 0. The topological polar surface area (TPSA) is 56.3 Å². The summed E-state index contributed by atoms with van der Waals surface area (Å²) in [6.45, 7) is 3.73. The Morgan fingerprint density at radius 2 is 2.56 bits per heavy atom. The van der Waals surface area contributed by atoms with Gasteiger partial charge in [-0.15, -0.1) is 0 Å². The minimum atomic E-state index is -0.548. The molecule has 1 aliphatic heterocycles. The lowest BCUT2D eigenvalue weighted by Gasteiger charge is -2.12. The van der Waals surface area contributed by atoms with Gasteiger partial charge in [0.05, 0.1) is 19.4 Å². The average molecular weight is 227 g/mol. The van der Waals surface area contributed by atoms with Gasteiger partial charge in [-0.2, -0.15) is 9.37 Å². The summed E-state index contributed by atoms with van der Waals surface area (Å²) in [5, 5.41) is 2.90. The Bertz CT molecular complexity index is 356. The van der Waals surface area contributed by atoms with Crippen molar-refractivity contribution in [2.45, 2.75) is 19.4 Å². The highest BCUT2D eigenvalue weighted by atomic mass is 19.1. The Morgan fingerprint density at radius 3 is 3.25 bits per heavy atom. The van der Waals surface area contributed by atoms with Crippen LogP contribution in [0.3, 0.4) is 0 Å². The van der Waals surface area contributed by atoms with E-state index in [0.717, 1.165) is 12.6 Å². The second-order valence-corrected chi connectivity index (χ2v) is 3.48. The Kier molecular flexibility index (Phi) is 3.51. The van der Waals surface area contributed by atoms with Gasteiger partial charge in [0.15, 0.2) is 0 Å². The van der Waals surface area contributed by atoms with Gasteiger partial charge in [-0.05, 0) is 6.92 Å². The van der Waals surface area contributed by atoms with Crippen molar-refractivity contribution in [2.24, 2.45) is 0 Å². The third kappa shape index (κ3) is 2.57. The molecule has 5 nitrogen and oxygen atoms in total. The lowest BCUT2D eigenvalue weighted by molar-refractivity contribution is 0.134. The standard InChI is InChI=1S/C10H14FN3O2/c1-2-12-10-13-5-8(11)9(14-10)16-7-3-4-15-6-7/h5,7H,2-4,6H2,1H3,(H,12,13,14). The molecule has 0 amide bonds. The summed E-state index contributed by atoms with van der Waals surface area (Å²) in [6.07, 6.45) is 1.76. The average Bonchev–Trinajstić information content (AvgIpc) is 2.76. The van der Waals surface area contributed by atoms with Gasteiger partial charge in [0, 0.05) is 13.0 Å². The molecule has 2 heterocycles. The molecule has 0 bridgehead atoms. The fourth-order valence-corrected chi connectivity index (χ4v) is 1.44. The van der Waals surface area contributed by atoms with E-state index in [1.54, 1.807) is 0 Å². The number of anilines is 1. The Balaban J connectivity index is 2.08. The first-order chi connectivity index (χ1) is 7.79. The number of rotatable bonds is 4. The second-order valence-electron chi connectivity index (χ2n) is 3.48. The maximum absolute atomic E-state index is 13.3. The van der Waals surface area contributed by atoms with Crippen LogP contribution >= 0.6 is 0 Å². The Hall–Kier alpha value is -1.43. The first-order valence-electron chi connectivity index (χ1n) is 5.30. The molecular formula is C10H14FN3O2. The van der Waals surface area contributed by atoms with E-state index in [4.69, 9.17) is 9.47 Å². The summed E-state index contributed by atoms with van der Waals surface area (Å²) in [7, 11) is 0. The van der Waals surface area contributed by atoms with Crippen molar-refractivity contribution in [3.8, 4) is 5.88 Å². The molecule has 88 valence electrons. The largest absolute Gasteiger partial charge is 0.470 e. The highest BCUT2D eigenvalue weighted by molar-refractivity contribution is 5.28. The number of halogens is 1. The lowest BCUT2D eigenvalue weighted by atomic mass is 10.3. The zero-order chi connectivity index (χ0) is 11.4. The molecule has 1 unspecified atom stereocenters. The van der Waals surface area contributed by atoms with Crippen molar-refractivity contribution < 1.29 is 13.9 Å². The zero-order valence-corrected chi connectivity index (χ0v) is 9.07. The summed E-state index contributed by atoms with van der Waals surface area (Å²) in [6, 6.07) is 0. The molecule has 0 aromatic carbocycles. The predicted molar refractivity (Wildman–Crippen MR) is 56.0 cm³/mol. The molecule has 2 rings (SSSR count). The lowest BCUT2D eigenvalue weighted by Crippen LogP contribution is -2.18. The van der Waals surface area contributed by atoms with Crippen LogP contribution in [0.25, 0.3) is 0 Å². The van der Waals surface area contributed by atoms with E-state index in [2.05, 4.69) is 15.3 Å². The molecule has 0 aliphatic carbocycles. The molecular weight excluding hydrogens is 213 g/mol. The van der Waals surface area contributed by atoms with Gasteiger partial charge in [-0.25, -0.2) is 4.98 Å². The molecule has 1 aromatic rings. The molecule has 16 heavy (non-hydrogen) atoms. The quantitative estimate of drug-likeness (QED) is 0.838. The molecule has 1 aromatic heterocycles. The molecule has 1 saturated heterocycles. The van der Waals surface area contributed by atoms with Gasteiger partial charge in [-0.1, -0.05) is 0 Å². The van der Waals surface area contributed by atoms with E-state index in [1.165, 1.54) is 0 Å². The van der Waals surface area contributed by atoms with Crippen LogP contribution in [0.5, 0.6) is 5.88 Å². The number of hydrogen-bond acceptors (Lipinski definition) is 5. The van der Waals surface area contributed by atoms with Crippen LogP contribution in [0.4, 0.5) is 10.3 Å². The first kappa shape index (κ1) is 11.1. The number of hydrogen-bond donors (Lipinski definition) is 1. The van der Waals surface area contributed by atoms with Gasteiger partial charge in [-0.3, -0.25) is 0 Å². The van der Waals surface area contributed by atoms with E-state index < -0.39 is 5.82 Å². The van der Waals surface area contributed by atoms with E-state index in [1.807, 2.05) is 6.92 Å². The van der Waals surface area contributed by atoms with Crippen molar-refractivity contribution >= 4 is 5.95 Å². The van der Waals surface area contributed by atoms with Crippen LogP contribution in [0.1, 0.15) is 13.3 Å². The molecule has 1 N–H and O–H groups in total. The maximum Gasteiger partial charge on any atom is 0.255 e. The van der Waals surface area contributed by atoms with Crippen LogP contribution in [-0.2, 0) is 4.74 Å². The highest BCUT2D eigenvalue weighted by Gasteiger charge is 2.20. The fraction of sp³-hybridized carbons (Fsp3) is 0.600. The summed E-state index contributed by atoms with van der Waals surface area (Å²) >= 11 is 0. The monoisotopic (exact) mass is 227 g/mol. The van der Waals surface area contributed by atoms with Gasteiger partial charge in [0.1, 0.15) is 6.10 Å². The molecule has 6 heteroatoms. The van der Waals surface area contributed by atoms with E-state index in [9.17, 15) is 4.39 Å². The van der Waals surface area contributed by atoms with Gasteiger partial charge < -0.3 is 14.8 Å². The third-order valence-corrected chi connectivity index (χ3v) is 2.21. The molecule has 0 radical (unpaired) electrons. The molecule has 1 atom stereocenters. The first-order valence-corrected chi connectivity index (χ1v) is 5.30. The summed E-state index contributed by atoms with van der Waals surface area (Å²) < 4.78 is 23.9. The maximum atomic E-state index is 13.3. The SMILES string of the molecule is CCNc1ncc(F)c(OC2CCOC2)n1.